The number of para-hydroxylation sites is 1. The van der Waals surface area contributed by atoms with Gasteiger partial charge in [-0.1, -0.05) is 51.8 Å². The number of hydrogen-bond donors (Lipinski definition) is 4. The minimum Gasteiger partial charge on any atom is -0.349 e. The van der Waals surface area contributed by atoms with Crippen molar-refractivity contribution in [2.24, 2.45) is 0 Å². The molecule has 0 radical (unpaired) electrons. The Bertz CT molecular complexity index is 1550. The van der Waals surface area contributed by atoms with Crippen LogP contribution in [0.5, 0.6) is 0 Å². The van der Waals surface area contributed by atoms with Crippen LogP contribution in [-0.4, -0.2) is 37.4 Å². The molecule has 5 rings (SSSR count). The standard InChI is InChI=1S/C24H17BrClN7O2/c25-15-7-8-18(17(12-15)23-30-32-33-31-23)29-24(35)20-11-14-4-2-6-19(22(14)28-20)27-21(34)10-13-3-1-5-16(26)9-13/h1-9,11-12,28H,10H2,(H,27,34)(H,29,35)(H,30,31,32,33). The first-order chi connectivity index (χ1) is 17.0. The summed E-state index contributed by atoms with van der Waals surface area (Å²) in [5.74, 6) is -0.128. The van der Waals surface area contributed by atoms with Crippen LogP contribution in [0, 0.1) is 0 Å². The summed E-state index contributed by atoms with van der Waals surface area (Å²) in [5.41, 5.74) is 3.52. The molecule has 11 heteroatoms. The van der Waals surface area contributed by atoms with Gasteiger partial charge in [0.2, 0.25) is 5.91 Å². The number of nitrogens with zero attached hydrogens (tertiary/aromatic N) is 3. The van der Waals surface area contributed by atoms with Crippen LogP contribution < -0.4 is 10.6 Å². The highest BCUT2D eigenvalue weighted by Crippen LogP contribution is 2.29. The second-order valence-electron chi connectivity index (χ2n) is 7.70. The van der Waals surface area contributed by atoms with Crippen LogP contribution in [0.3, 0.4) is 0 Å². The number of rotatable bonds is 6. The Hall–Kier alpha value is -4.02. The van der Waals surface area contributed by atoms with Crippen LogP contribution in [0.25, 0.3) is 22.3 Å². The molecule has 2 amide bonds. The molecular formula is C24H17BrClN7O2. The third-order valence-corrected chi connectivity index (χ3v) is 5.99. The summed E-state index contributed by atoms with van der Waals surface area (Å²) in [4.78, 5) is 28.8. The molecule has 0 unspecified atom stereocenters. The van der Waals surface area contributed by atoms with Gasteiger partial charge in [0.15, 0.2) is 5.82 Å². The molecule has 174 valence electrons. The Balaban J connectivity index is 1.37. The van der Waals surface area contributed by atoms with E-state index in [-0.39, 0.29) is 18.2 Å². The second kappa shape index (κ2) is 9.69. The number of aromatic amines is 2. The van der Waals surface area contributed by atoms with E-state index in [1.165, 1.54) is 0 Å². The molecule has 0 saturated carbocycles. The van der Waals surface area contributed by atoms with Crippen LogP contribution in [-0.2, 0) is 11.2 Å². The molecule has 0 aliphatic rings. The highest BCUT2D eigenvalue weighted by Gasteiger charge is 2.16. The van der Waals surface area contributed by atoms with Gasteiger partial charge in [0.1, 0.15) is 5.69 Å². The fourth-order valence-electron chi connectivity index (χ4n) is 3.69. The summed E-state index contributed by atoms with van der Waals surface area (Å²) in [6, 6.07) is 19.7. The number of H-pyrrole nitrogens is 2. The lowest BCUT2D eigenvalue weighted by Gasteiger charge is -2.09. The number of nitrogens with one attached hydrogen (secondary N) is 4. The molecule has 0 saturated heterocycles. The molecular weight excluding hydrogens is 534 g/mol. The maximum absolute atomic E-state index is 13.1. The molecule has 3 aromatic carbocycles. The van der Waals surface area contributed by atoms with Gasteiger partial charge in [-0.25, -0.2) is 5.10 Å². The summed E-state index contributed by atoms with van der Waals surface area (Å²) in [6.07, 6.45) is 0.174. The molecule has 5 aromatic rings. The maximum Gasteiger partial charge on any atom is 0.272 e. The largest absolute Gasteiger partial charge is 0.349 e. The van der Waals surface area contributed by atoms with Crippen molar-refractivity contribution in [2.75, 3.05) is 10.6 Å². The van der Waals surface area contributed by atoms with Gasteiger partial charge in [0.05, 0.1) is 23.3 Å². The molecule has 0 bridgehead atoms. The summed E-state index contributed by atoms with van der Waals surface area (Å²) in [6.45, 7) is 0. The fourth-order valence-corrected chi connectivity index (χ4v) is 4.27. The van der Waals surface area contributed by atoms with E-state index in [9.17, 15) is 9.59 Å². The van der Waals surface area contributed by atoms with Gasteiger partial charge in [0, 0.05) is 20.4 Å². The van der Waals surface area contributed by atoms with Crippen molar-refractivity contribution in [1.29, 1.82) is 0 Å². The van der Waals surface area contributed by atoms with Crippen LogP contribution in [0.15, 0.2) is 71.2 Å². The number of tetrazole rings is 1. The summed E-state index contributed by atoms with van der Waals surface area (Å²) < 4.78 is 0.811. The van der Waals surface area contributed by atoms with Gasteiger partial charge < -0.3 is 15.6 Å². The van der Waals surface area contributed by atoms with Crippen molar-refractivity contribution >= 4 is 61.6 Å². The number of carbonyl (C=O) groups excluding carboxylic acids is 2. The average molecular weight is 551 g/mol. The first kappa shape index (κ1) is 22.8. The van der Waals surface area contributed by atoms with Crippen molar-refractivity contribution in [1.82, 2.24) is 25.6 Å². The van der Waals surface area contributed by atoms with E-state index in [0.29, 0.717) is 39.0 Å². The number of benzene rings is 3. The number of amides is 2. The van der Waals surface area contributed by atoms with Crippen molar-refractivity contribution in [3.8, 4) is 11.4 Å². The Labute approximate surface area is 212 Å². The molecule has 9 nitrogen and oxygen atoms in total. The third kappa shape index (κ3) is 5.08. The highest BCUT2D eigenvalue weighted by molar-refractivity contribution is 9.10. The number of fused-ring (bicyclic) bond motifs is 1. The normalized spacial score (nSPS) is 10.9. The third-order valence-electron chi connectivity index (χ3n) is 5.26. The van der Waals surface area contributed by atoms with Crippen molar-refractivity contribution < 1.29 is 9.59 Å². The van der Waals surface area contributed by atoms with Crippen molar-refractivity contribution in [3.63, 3.8) is 0 Å². The van der Waals surface area contributed by atoms with E-state index in [0.717, 1.165) is 15.4 Å². The number of carbonyl (C=O) groups is 2. The molecule has 35 heavy (non-hydrogen) atoms. The molecule has 0 spiro atoms. The van der Waals surface area contributed by atoms with E-state index in [4.69, 9.17) is 11.6 Å². The van der Waals surface area contributed by atoms with Gasteiger partial charge in [0.25, 0.3) is 5.91 Å². The smallest absolute Gasteiger partial charge is 0.272 e. The van der Waals surface area contributed by atoms with E-state index in [2.05, 4.69) is 52.2 Å². The van der Waals surface area contributed by atoms with Crippen molar-refractivity contribution in [2.45, 2.75) is 6.42 Å². The van der Waals surface area contributed by atoms with Gasteiger partial charge in [-0.05, 0) is 58.5 Å². The lowest BCUT2D eigenvalue weighted by Crippen LogP contribution is -2.15. The van der Waals surface area contributed by atoms with Gasteiger partial charge in [-0.2, -0.15) is 0 Å². The Morgan fingerprint density at radius 1 is 0.971 bits per heavy atom. The van der Waals surface area contributed by atoms with Crippen LogP contribution in [0.4, 0.5) is 11.4 Å². The summed E-state index contributed by atoms with van der Waals surface area (Å²) in [7, 11) is 0. The first-order valence-corrected chi connectivity index (χ1v) is 11.6. The Morgan fingerprint density at radius 2 is 1.83 bits per heavy atom. The molecule has 4 N–H and O–H groups in total. The van der Waals surface area contributed by atoms with Crippen LogP contribution in [0.2, 0.25) is 5.02 Å². The summed E-state index contributed by atoms with van der Waals surface area (Å²) in [5, 5.41) is 21.0. The minimum atomic E-state index is -0.353. The van der Waals surface area contributed by atoms with Crippen LogP contribution in [0.1, 0.15) is 16.1 Å². The monoisotopic (exact) mass is 549 g/mol. The minimum absolute atomic E-state index is 0.174. The molecule has 0 atom stereocenters. The molecule has 0 fully saturated rings. The molecule has 2 heterocycles. The molecule has 0 aliphatic heterocycles. The zero-order valence-corrected chi connectivity index (χ0v) is 20.3. The fraction of sp³-hybridized carbons (Fsp3) is 0.0417. The topological polar surface area (TPSA) is 128 Å². The average Bonchev–Trinajstić information content (AvgIpc) is 3.51. The van der Waals surface area contributed by atoms with Gasteiger partial charge in [-0.3, -0.25) is 9.59 Å². The number of anilines is 2. The highest BCUT2D eigenvalue weighted by atomic mass is 79.9. The van der Waals surface area contributed by atoms with Gasteiger partial charge >= 0.3 is 0 Å². The molecule has 2 aromatic heterocycles. The van der Waals surface area contributed by atoms with Crippen LogP contribution >= 0.6 is 27.5 Å². The lowest BCUT2D eigenvalue weighted by molar-refractivity contribution is -0.115. The number of halogens is 2. The molecule has 0 aliphatic carbocycles. The Morgan fingerprint density at radius 3 is 2.63 bits per heavy atom. The second-order valence-corrected chi connectivity index (χ2v) is 9.05. The quantitative estimate of drug-likeness (QED) is 0.231. The SMILES string of the molecule is O=C(Cc1cccc(Cl)c1)Nc1cccc2cc(C(=O)Nc3ccc(Br)cc3-c3nnn[nH]3)[nH]c12. The summed E-state index contributed by atoms with van der Waals surface area (Å²) >= 11 is 9.44. The van der Waals surface area contributed by atoms with E-state index in [1.54, 1.807) is 42.5 Å². The predicted octanol–water partition coefficient (Wildman–Crippen LogP) is 5.20. The van der Waals surface area contributed by atoms with Crippen molar-refractivity contribution in [3.05, 3.63) is 87.5 Å². The van der Waals surface area contributed by atoms with Gasteiger partial charge in [-0.15, -0.1) is 5.10 Å². The van der Waals surface area contributed by atoms with E-state index < -0.39 is 0 Å². The number of hydrogen-bond acceptors (Lipinski definition) is 5. The maximum atomic E-state index is 13.1. The first-order valence-electron chi connectivity index (χ1n) is 10.5. The number of aromatic nitrogens is 5. The van der Waals surface area contributed by atoms with E-state index >= 15 is 0 Å². The Kier molecular flexibility index (Phi) is 6.30. The van der Waals surface area contributed by atoms with E-state index in [1.807, 2.05) is 24.3 Å². The lowest BCUT2D eigenvalue weighted by atomic mass is 10.1. The zero-order chi connectivity index (χ0) is 24.4. The zero-order valence-electron chi connectivity index (χ0n) is 18.0. The predicted molar refractivity (Wildman–Crippen MR) is 137 cm³/mol.